The number of rotatable bonds is 2. The van der Waals surface area contributed by atoms with Gasteiger partial charge in [-0.2, -0.15) is 13.2 Å². The lowest BCUT2D eigenvalue weighted by Gasteiger charge is -2.13. The minimum atomic E-state index is -4.32. The summed E-state index contributed by atoms with van der Waals surface area (Å²) in [6, 6.07) is 4.74. The number of carbonyl (C=O) groups is 1. The molecule has 1 saturated carbocycles. The van der Waals surface area contributed by atoms with Crippen LogP contribution in [0.4, 0.5) is 18.9 Å². The molecule has 1 N–H and O–H groups in total. The maximum absolute atomic E-state index is 12.4. The Morgan fingerprint density at radius 3 is 2.26 bits per heavy atom. The lowest BCUT2D eigenvalue weighted by molar-refractivity contribution is -0.137. The molecular weight excluding hydrogens is 255 g/mol. The van der Waals surface area contributed by atoms with E-state index in [1.165, 1.54) is 12.1 Å². The Kier molecular flexibility index (Phi) is 3.93. The predicted octanol–water partition coefficient (Wildman–Crippen LogP) is 4.14. The van der Waals surface area contributed by atoms with Crippen LogP contribution in [0.2, 0.25) is 0 Å². The van der Waals surface area contributed by atoms with E-state index >= 15 is 0 Å². The maximum atomic E-state index is 12.4. The molecule has 2 rings (SSSR count). The number of hydrogen-bond donors (Lipinski definition) is 1. The van der Waals surface area contributed by atoms with E-state index in [4.69, 9.17) is 0 Å². The SMILES string of the molecule is O=C1CCCC/C1=C/Nc1ccc(C(F)(F)F)cc1. The molecule has 1 aromatic rings. The van der Waals surface area contributed by atoms with Crippen molar-refractivity contribution in [2.45, 2.75) is 31.9 Å². The number of carbonyl (C=O) groups excluding carboxylic acids is 1. The number of alkyl halides is 3. The van der Waals surface area contributed by atoms with Crippen LogP contribution in [0.25, 0.3) is 0 Å². The highest BCUT2D eigenvalue weighted by atomic mass is 19.4. The number of benzene rings is 1. The minimum absolute atomic E-state index is 0.116. The highest BCUT2D eigenvalue weighted by Crippen LogP contribution is 2.30. The summed E-state index contributed by atoms with van der Waals surface area (Å²) in [5, 5.41) is 2.87. The molecule has 0 aliphatic heterocycles. The van der Waals surface area contributed by atoms with E-state index in [0.717, 1.165) is 31.4 Å². The first-order valence-electron chi connectivity index (χ1n) is 6.13. The molecule has 1 aliphatic carbocycles. The molecule has 0 aromatic heterocycles. The molecule has 1 aromatic carbocycles. The largest absolute Gasteiger partial charge is 0.416 e. The second-order valence-corrected chi connectivity index (χ2v) is 4.52. The predicted molar refractivity (Wildman–Crippen MR) is 66.6 cm³/mol. The Bertz CT molecular complexity index is 488. The van der Waals surface area contributed by atoms with Crippen LogP contribution in [0, 0.1) is 0 Å². The molecule has 0 amide bonds. The number of Topliss-reactive ketones (excluding diaryl/α,β-unsaturated/α-hetero) is 1. The van der Waals surface area contributed by atoms with Crippen LogP contribution in [0.1, 0.15) is 31.2 Å². The molecule has 0 heterocycles. The van der Waals surface area contributed by atoms with Crippen LogP contribution in [0.3, 0.4) is 0 Å². The Morgan fingerprint density at radius 2 is 1.68 bits per heavy atom. The standard InChI is InChI=1S/C14H14F3NO/c15-14(16,17)11-5-7-12(8-6-11)18-9-10-3-1-2-4-13(10)19/h5-9,18H,1-4H2/b10-9-. The fourth-order valence-corrected chi connectivity index (χ4v) is 1.98. The van der Waals surface area contributed by atoms with E-state index in [1.807, 2.05) is 0 Å². The van der Waals surface area contributed by atoms with Gasteiger partial charge in [-0.25, -0.2) is 0 Å². The summed E-state index contributed by atoms with van der Waals surface area (Å²) in [6.45, 7) is 0. The molecule has 0 saturated heterocycles. The van der Waals surface area contributed by atoms with E-state index < -0.39 is 11.7 Å². The first-order valence-corrected chi connectivity index (χ1v) is 6.13. The minimum Gasteiger partial charge on any atom is -0.361 e. The third-order valence-corrected chi connectivity index (χ3v) is 3.08. The molecule has 0 unspecified atom stereocenters. The summed E-state index contributed by atoms with van der Waals surface area (Å²) in [4.78, 5) is 11.5. The lowest BCUT2D eigenvalue weighted by Crippen LogP contribution is -2.10. The Labute approximate surface area is 109 Å². The fraction of sp³-hybridized carbons (Fsp3) is 0.357. The van der Waals surface area contributed by atoms with Gasteiger partial charge in [-0.1, -0.05) is 0 Å². The highest BCUT2D eigenvalue weighted by Gasteiger charge is 2.29. The molecule has 0 radical (unpaired) electrons. The van der Waals surface area contributed by atoms with E-state index in [-0.39, 0.29) is 5.78 Å². The lowest BCUT2D eigenvalue weighted by atomic mass is 9.94. The van der Waals surface area contributed by atoms with Crippen molar-refractivity contribution in [2.75, 3.05) is 5.32 Å². The molecule has 0 bridgehead atoms. The number of ketones is 1. The van der Waals surface area contributed by atoms with E-state index in [2.05, 4.69) is 5.32 Å². The zero-order valence-electron chi connectivity index (χ0n) is 10.3. The second-order valence-electron chi connectivity index (χ2n) is 4.52. The number of hydrogen-bond acceptors (Lipinski definition) is 2. The zero-order valence-corrected chi connectivity index (χ0v) is 10.3. The van der Waals surface area contributed by atoms with Gasteiger partial charge in [0.15, 0.2) is 5.78 Å². The van der Waals surface area contributed by atoms with Gasteiger partial charge in [0.1, 0.15) is 0 Å². The Balaban J connectivity index is 2.04. The molecule has 2 nitrogen and oxygen atoms in total. The molecule has 0 atom stereocenters. The molecule has 0 spiro atoms. The molecule has 5 heteroatoms. The number of allylic oxidation sites excluding steroid dienone is 1. The summed E-state index contributed by atoms with van der Waals surface area (Å²) < 4.78 is 37.1. The van der Waals surface area contributed by atoms with Crippen molar-refractivity contribution < 1.29 is 18.0 Å². The van der Waals surface area contributed by atoms with Crippen molar-refractivity contribution in [1.29, 1.82) is 0 Å². The van der Waals surface area contributed by atoms with Crippen LogP contribution >= 0.6 is 0 Å². The van der Waals surface area contributed by atoms with Gasteiger partial charge in [-0.3, -0.25) is 4.79 Å². The van der Waals surface area contributed by atoms with Crippen molar-refractivity contribution in [2.24, 2.45) is 0 Å². The van der Waals surface area contributed by atoms with Crippen LogP contribution in [0.15, 0.2) is 36.0 Å². The third-order valence-electron chi connectivity index (χ3n) is 3.08. The van der Waals surface area contributed by atoms with Crippen molar-refractivity contribution in [3.8, 4) is 0 Å². The molecular formula is C14H14F3NO. The smallest absolute Gasteiger partial charge is 0.361 e. The number of nitrogens with one attached hydrogen (secondary N) is 1. The molecule has 1 fully saturated rings. The zero-order chi connectivity index (χ0) is 13.9. The summed E-state index contributed by atoms with van der Waals surface area (Å²) in [5.74, 6) is 0.116. The summed E-state index contributed by atoms with van der Waals surface area (Å²) in [7, 11) is 0. The van der Waals surface area contributed by atoms with E-state index in [0.29, 0.717) is 17.7 Å². The summed E-state index contributed by atoms with van der Waals surface area (Å²) in [6.07, 6.45) is 0.454. The first-order chi connectivity index (χ1) is 8.97. The van der Waals surface area contributed by atoms with E-state index in [9.17, 15) is 18.0 Å². The average Bonchev–Trinajstić information content (AvgIpc) is 2.37. The van der Waals surface area contributed by atoms with Crippen molar-refractivity contribution in [3.05, 3.63) is 41.6 Å². The van der Waals surface area contributed by atoms with Gasteiger partial charge in [0.05, 0.1) is 5.56 Å². The quantitative estimate of drug-likeness (QED) is 0.817. The fourth-order valence-electron chi connectivity index (χ4n) is 1.98. The van der Waals surface area contributed by atoms with Crippen LogP contribution < -0.4 is 5.32 Å². The van der Waals surface area contributed by atoms with Crippen LogP contribution in [-0.4, -0.2) is 5.78 Å². The normalized spacial score (nSPS) is 18.7. The first kappa shape index (κ1) is 13.6. The number of anilines is 1. The summed E-state index contributed by atoms with van der Waals surface area (Å²) in [5.41, 5.74) is 0.574. The van der Waals surface area contributed by atoms with Gasteiger partial charge < -0.3 is 5.32 Å². The third kappa shape index (κ3) is 3.59. The van der Waals surface area contributed by atoms with Gasteiger partial charge in [0.25, 0.3) is 0 Å². The Morgan fingerprint density at radius 1 is 1.05 bits per heavy atom. The number of halogens is 3. The van der Waals surface area contributed by atoms with Crippen molar-refractivity contribution in [3.63, 3.8) is 0 Å². The van der Waals surface area contributed by atoms with Crippen LogP contribution in [0.5, 0.6) is 0 Å². The van der Waals surface area contributed by atoms with Gasteiger partial charge in [0, 0.05) is 23.9 Å². The highest BCUT2D eigenvalue weighted by molar-refractivity contribution is 5.96. The maximum Gasteiger partial charge on any atom is 0.416 e. The van der Waals surface area contributed by atoms with Crippen LogP contribution in [-0.2, 0) is 11.0 Å². The summed E-state index contributed by atoms with van der Waals surface area (Å²) >= 11 is 0. The molecule has 102 valence electrons. The van der Waals surface area contributed by atoms with Crippen molar-refractivity contribution in [1.82, 2.24) is 0 Å². The Hall–Kier alpha value is -1.78. The van der Waals surface area contributed by atoms with Gasteiger partial charge in [0.2, 0.25) is 0 Å². The second kappa shape index (κ2) is 5.47. The average molecular weight is 269 g/mol. The van der Waals surface area contributed by atoms with Gasteiger partial charge >= 0.3 is 6.18 Å². The van der Waals surface area contributed by atoms with E-state index in [1.54, 1.807) is 6.20 Å². The molecule has 1 aliphatic rings. The topological polar surface area (TPSA) is 29.1 Å². The monoisotopic (exact) mass is 269 g/mol. The van der Waals surface area contributed by atoms with Crippen molar-refractivity contribution >= 4 is 11.5 Å². The molecule has 19 heavy (non-hydrogen) atoms. The van der Waals surface area contributed by atoms with Gasteiger partial charge in [-0.05, 0) is 43.5 Å². The van der Waals surface area contributed by atoms with Gasteiger partial charge in [-0.15, -0.1) is 0 Å².